The van der Waals surface area contributed by atoms with Crippen molar-refractivity contribution in [3.63, 3.8) is 0 Å². The highest BCUT2D eigenvalue weighted by molar-refractivity contribution is 5.94. The van der Waals surface area contributed by atoms with E-state index in [9.17, 15) is 9.59 Å². The van der Waals surface area contributed by atoms with Crippen LogP contribution in [-0.2, 0) is 12.8 Å². The molecule has 1 atom stereocenters. The first kappa shape index (κ1) is 22.5. The van der Waals surface area contributed by atoms with Crippen LogP contribution in [0.5, 0.6) is 0 Å². The summed E-state index contributed by atoms with van der Waals surface area (Å²) in [4.78, 5) is 37.8. The molecule has 1 spiro atoms. The van der Waals surface area contributed by atoms with E-state index in [-0.39, 0.29) is 11.5 Å². The number of anilines is 1. The van der Waals surface area contributed by atoms with Crippen molar-refractivity contribution < 1.29 is 4.79 Å². The van der Waals surface area contributed by atoms with Gasteiger partial charge in [0.15, 0.2) is 0 Å². The Labute approximate surface area is 206 Å². The number of aryl methyl sites for hydroxylation is 2. The van der Waals surface area contributed by atoms with Crippen molar-refractivity contribution in [3.8, 4) is 0 Å². The number of amides is 1. The molecule has 7 heteroatoms. The lowest BCUT2D eigenvalue weighted by Crippen LogP contribution is -2.49. The predicted octanol–water partition coefficient (Wildman–Crippen LogP) is 3.07. The molecule has 3 aliphatic carbocycles. The molecule has 7 nitrogen and oxygen atoms in total. The SMILES string of the molecule is CNC(=O)c1ccc(N2CCN([C@H]3C=C(c4nc5c(c(=O)[nH]4)CC4(CC5)CC4)CC3)CC2)c(C)c1. The molecule has 1 aromatic heterocycles. The zero-order valence-corrected chi connectivity index (χ0v) is 20.8. The van der Waals surface area contributed by atoms with E-state index in [0.29, 0.717) is 17.0 Å². The number of H-pyrrole nitrogens is 1. The van der Waals surface area contributed by atoms with E-state index >= 15 is 0 Å². The summed E-state index contributed by atoms with van der Waals surface area (Å²) in [5.74, 6) is 0.753. The molecule has 184 valence electrons. The summed E-state index contributed by atoms with van der Waals surface area (Å²) in [7, 11) is 1.66. The normalized spacial score (nSPS) is 23.2. The maximum atomic E-state index is 12.9. The number of carbonyl (C=O) groups is 1. The van der Waals surface area contributed by atoms with Gasteiger partial charge in [-0.25, -0.2) is 4.98 Å². The zero-order chi connectivity index (χ0) is 24.2. The van der Waals surface area contributed by atoms with Crippen LogP contribution in [0, 0.1) is 12.3 Å². The number of fused-ring (bicyclic) bond motifs is 1. The van der Waals surface area contributed by atoms with Gasteiger partial charge in [0.05, 0.1) is 5.69 Å². The first-order valence-corrected chi connectivity index (χ1v) is 13.1. The largest absolute Gasteiger partial charge is 0.369 e. The summed E-state index contributed by atoms with van der Waals surface area (Å²) in [6.07, 6.45) is 10.0. The van der Waals surface area contributed by atoms with Gasteiger partial charge in [0.2, 0.25) is 0 Å². The molecule has 1 saturated heterocycles. The van der Waals surface area contributed by atoms with Crippen LogP contribution in [-0.4, -0.2) is 60.0 Å². The number of rotatable bonds is 4. The van der Waals surface area contributed by atoms with Gasteiger partial charge in [0.25, 0.3) is 11.5 Å². The number of aromatic amines is 1. The van der Waals surface area contributed by atoms with Gasteiger partial charge in [-0.15, -0.1) is 0 Å². The number of nitrogens with zero attached hydrogens (tertiary/aromatic N) is 3. The van der Waals surface area contributed by atoms with E-state index < -0.39 is 0 Å². The first-order valence-electron chi connectivity index (χ1n) is 13.1. The molecular weight excluding hydrogens is 438 g/mol. The smallest absolute Gasteiger partial charge is 0.254 e. The lowest BCUT2D eigenvalue weighted by atomic mass is 9.84. The van der Waals surface area contributed by atoms with Crippen molar-refractivity contribution in [2.75, 3.05) is 38.1 Å². The van der Waals surface area contributed by atoms with E-state index in [1.165, 1.54) is 30.5 Å². The summed E-state index contributed by atoms with van der Waals surface area (Å²) in [6.45, 7) is 6.02. The minimum atomic E-state index is -0.0464. The number of allylic oxidation sites excluding steroid dienone is 1. The third-order valence-electron chi connectivity index (χ3n) is 8.72. The number of hydrogen-bond donors (Lipinski definition) is 2. The Hall–Kier alpha value is -2.93. The number of nitrogens with one attached hydrogen (secondary N) is 2. The van der Waals surface area contributed by atoms with Crippen molar-refractivity contribution in [1.82, 2.24) is 20.2 Å². The third-order valence-corrected chi connectivity index (χ3v) is 8.72. The Bertz CT molecular complexity index is 1250. The summed E-state index contributed by atoms with van der Waals surface area (Å²) in [6, 6.07) is 6.37. The van der Waals surface area contributed by atoms with Crippen molar-refractivity contribution in [2.24, 2.45) is 5.41 Å². The molecule has 2 fully saturated rings. The van der Waals surface area contributed by atoms with Crippen LogP contribution in [0.2, 0.25) is 0 Å². The molecule has 6 rings (SSSR count). The fraction of sp³-hybridized carbons (Fsp3) is 0.536. The molecule has 35 heavy (non-hydrogen) atoms. The number of piperazine rings is 1. The van der Waals surface area contributed by atoms with E-state index in [4.69, 9.17) is 4.98 Å². The Morgan fingerprint density at radius 1 is 1.14 bits per heavy atom. The second kappa shape index (κ2) is 8.63. The average molecular weight is 474 g/mol. The molecule has 1 aromatic carbocycles. The van der Waals surface area contributed by atoms with Crippen LogP contribution in [0.3, 0.4) is 0 Å². The predicted molar refractivity (Wildman–Crippen MR) is 138 cm³/mol. The topological polar surface area (TPSA) is 81.3 Å². The molecule has 2 heterocycles. The van der Waals surface area contributed by atoms with E-state index in [0.717, 1.165) is 74.5 Å². The average Bonchev–Trinajstić information content (AvgIpc) is 3.43. The van der Waals surface area contributed by atoms with Crippen LogP contribution in [0.1, 0.15) is 65.1 Å². The molecule has 2 aromatic rings. The highest BCUT2D eigenvalue weighted by atomic mass is 16.1. The van der Waals surface area contributed by atoms with Crippen molar-refractivity contribution >= 4 is 17.2 Å². The minimum Gasteiger partial charge on any atom is -0.369 e. The van der Waals surface area contributed by atoms with Crippen molar-refractivity contribution in [3.05, 3.63) is 62.8 Å². The van der Waals surface area contributed by atoms with Crippen LogP contribution >= 0.6 is 0 Å². The van der Waals surface area contributed by atoms with Crippen LogP contribution in [0.25, 0.3) is 5.57 Å². The number of carbonyl (C=O) groups excluding carboxylic acids is 1. The van der Waals surface area contributed by atoms with Gasteiger partial charge in [0, 0.05) is 56.1 Å². The fourth-order valence-corrected chi connectivity index (χ4v) is 6.31. The Kier molecular flexibility index (Phi) is 5.55. The second-order valence-electron chi connectivity index (χ2n) is 10.9. The van der Waals surface area contributed by atoms with Gasteiger partial charge in [-0.3, -0.25) is 14.5 Å². The fourth-order valence-electron chi connectivity index (χ4n) is 6.31. The molecule has 1 saturated carbocycles. The zero-order valence-electron chi connectivity index (χ0n) is 20.8. The summed E-state index contributed by atoms with van der Waals surface area (Å²) >= 11 is 0. The lowest BCUT2D eigenvalue weighted by molar-refractivity contribution is 0.0963. The first-order chi connectivity index (χ1) is 16.9. The molecule has 1 amide bonds. The summed E-state index contributed by atoms with van der Waals surface area (Å²) in [5, 5.41) is 2.69. The Morgan fingerprint density at radius 3 is 2.66 bits per heavy atom. The number of hydrogen-bond acceptors (Lipinski definition) is 5. The van der Waals surface area contributed by atoms with Crippen LogP contribution in [0.15, 0.2) is 29.1 Å². The number of benzene rings is 1. The maximum Gasteiger partial charge on any atom is 0.254 e. The standard InChI is InChI=1S/C28H35N5O2/c1-18-15-20(26(34)29-2)4-6-24(18)33-13-11-32(12-14-33)21-5-3-19(16-21)25-30-23-7-8-28(9-10-28)17-22(23)27(35)31-25/h4,6,15-16,21H,3,5,7-14,17H2,1-2H3,(H,29,34)(H,30,31,35)/t21-/m1/s1. The monoisotopic (exact) mass is 473 g/mol. The van der Waals surface area contributed by atoms with Gasteiger partial charge < -0.3 is 15.2 Å². The van der Waals surface area contributed by atoms with Gasteiger partial charge in [-0.05, 0) is 86.6 Å². The van der Waals surface area contributed by atoms with Crippen molar-refractivity contribution in [2.45, 2.75) is 57.9 Å². The highest BCUT2D eigenvalue weighted by Gasteiger charge is 2.45. The third kappa shape index (κ3) is 4.20. The van der Waals surface area contributed by atoms with Crippen LogP contribution in [0.4, 0.5) is 5.69 Å². The van der Waals surface area contributed by atoms with Gasteiger partial charge >= 0.3 is 0 Å². The Morgan fingerprint density at radius 2 is 1.94 bits per heavy atom. The van der Waals surface area contributed by atoms with E-state index in [1.807, 2.05) is 12.1 Å². The molecule has 2 N–H and O–H groups in total. The summed E-state index contributed by atoms with van der Waals surface area (Å²) in [5.41, 5.74) is 6.75. The Balaban J connectivity index is 1.12. The lowest BCUT2D eigenvalue weighted by Gasteiger charge is -2.39. The molecule has 0 radical (unpaired) electrons. The summed E-state index contributed by atoms with van der Waals surface area (Å²) < 4.78 is 0. The molecular formula is C28H35N5O2. The molecule has 1 aliphatic heterocycles. The van der Waals surface area contributed by atoms with Crippen LogP contribution < -0.4 is 15.8 Å². The van der Waals surface area contributed by atoms with Gasteiger partial charge in [-0.1, -0.05) is 6.08 Å². The van der Waals surface area contributed by atoms with Crippen molar-refractivity contribution in [1.29, 1.82) is 0 Å². The molecule has 4 aliphatic rings. The molecule has 0 bridgehead atoms. The quantitative estimate of drug-likeness (QED) is 0.713. The second-order valence-corrected chi connectivity index (χ2v) is 10.9. The molecule has 0 unspecified atom stereocenters. The highest BCUT2D eigenvalue weighted by Crippen LogP contribution is 2.53. The maximum absolute atomic E-state index is 12.9. The van der Waals surface area contributed by atoms with E-state index in [1.54, 1.807) is 7.05 Å². The van der Waals surface area contributed by atoms with E-state index in [2.05, 4.69) is 39.2 Å². The van der Waals surface area contributed by atoms with Gasteiger partial charge in [-0.2, -0.15) is 0 Å². The number of aromatic nitrogens is 2. The van der Waals surface area contributed by atoms with Gasteiger partial charge in [0.1, 0.15) is 5.82 Å². The minimum absolute atomic E-state index is 0.0464.